The Kier molecular flexibility index (Phi) is 3.23. The van der Waals surface area contributed by atoms with Gasteiger partial charge in [0.05, 0.1) is 6.10 Å². The largest absolute Gasteiger partial charge is 0.372 e. The number of ether oxygens (including phenoxy) is 1. The molecule has 0 saturated carbocycles. The SMILES string of the molecule is CC(C)OCc1nc(Cl)ns1. The molecule has 0 N–H and O–H groups in total. The summed E-state index contributed by atoms with van der Waals surface area (Å²) < 4.78 is 9.10. The van der Waals surface area contributed by atoms with E-state index in [0.717, 1.165) is 5.01 Å². The van der Waals surface area contributed by atoms with Gasteiger partial charge in [-0.05, 0) is 37.0 Å². The average Bonchev–Trinajstić information content (AvgIpc) is 2.31. The first-order valence-electron chi connectivity index (χ1n) is 3.28. The van der Waals surface area contributed by atoms with Gasteiger partial charge in [0.15, 0.2) is 0 Å². The predicted octanol–water partition coefficient (Wildman–Crippen LogP) is 2.12. The van der Waals surface area contributed by atoms with Crippen molar-refractivity contribution in [2.24, 2.45) is 0 Å². The first-order chi connectivity index (χ1) is 5.18. The fraction of sp³-hybridized carbons (Fsp3) is 0.667. The van der Waals surface area contributed by atoms with Crippen molar-refractivity contribution < 1.29 is 4.74 Å². The van der Waals surface area contributed by atoms with Crippen molar-refractivity contribution in [2.75, 3.05) is 0 Å². The zero-order valence-electron chi connectivity index (χ0n) is 6.37. The van der Waals surface area contributed by atoms with E-state index in [9.17, 15) is 0 Å². The summed E-state index contributed by atoms with van der Waals surface area (Å²) in [5, 5.41) is 1.13. The van der Waals surface area contributed by atoms with Gasteiger partial charge in [-0.1, -0.05) is 0 Å². The second kappa shape index (κ2) is 3.99. The highest BCUT2D eigenvalue weighted by Crippen LogP contribution is 2.10. The Morgan fingerprint density at radius 1 is 1.64 bits per heavy atom. The summed E-state index contributed by atoms with van der Waals surface area (Å²) in [6.07, 6.45) is 0.220. The van der Waals surface area contributed by atoms with Crippen molar-refractivity contribution in [3.8, 4) is 0 Å². The fourth-order valence-electron chi connectivity index (χ4n) is 0.531. The topological polar surface area (TPSA) is 35.0 Å². The van der Waals surface area contributed by atoms with E-state index in [2.05, 4.69) is 9.36 Å². The maximum absolute atomic E-state index is 5.51. The number of nitrogens with zero attached hydrogens (tertiary/aromatic N) is 2. The summed E-state index contributed by atoms with van der Waals surface area (Å²) >= 11 is 6.78. The zero-order valence-corrected chi connectivity index (χ0v) is 7.95. The molecular formula is C6H9ClN2OS. The minimum absolute atomic E-state index is 0.220. The average molecular weight is 193 g/mol. The number of rotatable bonds is 3. The fourth-order valence-corrected chi connectivity index (χ4v) is 1.26. The van der Waals surface area contributed by atoms with Crippen molar-refractivity contribution in [2.45, 2.75) is 26.6 Å². The Morgan fingerprint density at radius 2 is 2.36 bits per heavy atom. The van der Waals surface area contributed by atoms with E-state index in [1.807, 2.05) is 13.8 Å². The monoisotopic (exact) mass is 192 g/mol. The summed E-state index contributed by atoms with van der Waals surface area (Å²) in [6.45, 7) is 4.45. The molecule has 0 aliphatic rings. The van der Waals surface area contributed by atoms with Crippen molar-refractivity contribution in [1.29, 1.82) is 0 Å². The molecule has 0 fully saturated rings. The first kappa shape index (κ1) is 8.90. The minimum atomic E-state index is 0.220. The molecule has 1 heterocycles. The number of hydrogen-bond acceptors (Lipinski definition) is 4. The molecule has 62 valence electrons. The molecule has 1 aromatic rings. The molecule has 1 aromatic heterocycles. The standard InChI is InChI=1S/C6H9ClN2OS/c1-4(2)10-3-5-8-6(7)9-11-5/h4H,3H2,1-2H3. The first-order valence-corrected chi connectivity index (χ1v) is 4.43. The molecule has 0 amide bonds. The van der Waals surface area contributed by atoms with Gasteiger partial charge < -0.3 is 4.74 Å². The Balaban J connectivity index is 2.39. The van der Waals surface area contributed by atoms with Crippen molar-refractivity contribution >= 4 is 23.1 Å². The third-order valence-corrected chi connectivity index (χ3v) is 1.94. The van der Waals surface area contributed by atoms with Gasteiger partial charge in [-0.3, -0.25) is 0 Å². The van der Waals surface area contributed by atoms with Crippen LogP contribution in [-0.4, -0.2) is 15.5 Å². The third kappa shape index (κ3) is 3.14. The second-order valence-electron chi connectivity index (χ2n) is 2.32. The Bertz CT molecular complexity index is 226. The highest BCUT2D eigenvalue weighted by atomic mass is 35.5. The maximum atomic E-state index is 5.51. The predicted molar refractivity (Wildman–Crippen MR) is 44.8 cm³/mol. The van der Waals surface area contributed by atoms with E-state index in [0.29, 0.717) is 11.9 Å². The molecule has 0 bridgehead atoms. The lowest BCUT2D eigenvalue weighted by atomic mass is 10.5. The van der Waals surface area contributed by atoms with Crippen LogP contribution in [0.4, 0.5) is 0 Å². The van der Waals surface area contributed by atoms with Gasteiger partial charge in [0.1, 0.15) is 11.6 Å². The van der Waals surface area contributed by atoms with E-state index in [-0.39, 0.29) is 6.10 Å². The van der Waals surface area contributed by atoms with Gasteiger partial charge in [0.2, 0.25) is 5.28 Å². The van der Waals surface area contributed by atoms with Crippen LogP contribution in [0.5, 0.6) is 0 Å². The number of aromatic nitrogens is 2. The number of hydrogen-bond donors (Lipinski definition) is 0. The van der Waals surface area contributed by atoms with Crippen LogP contribution >= 0.6 is 23.1 Å². The Labute approximate surface area is 74.5 Å². The summed E-state index contributed by atoms with van der Waals surface area (Å²) in [4.78, 5) is 3.93. The molecule has 11 heavy (non-hydrogen) atoms. The smallest absolute Gasteiger partial charge is 0.234 e. The lowest BCUT2D eigenvalue weighted by Gasteiger charge is -2.02. The van der Waals surface area contributed by atoms with Gasteiger partial charge in [-0.15, -0.1) is 0 Å². The van der Waals surface area contributed by atoms with Gasteiger partial charge >= 0.3 is 0 Å². The molecule has 3 nitrogen and oxygen atoms in total. The van der Waals surface area contributed by atoms with Crippen LogP contribution in [0.15, 0.2) is 0 Å². The van der Waals surface area contributed by atoms with Crippen LogP contribution in [0.3, 0.4) is 0 Å². The molecule has 0 saturated heterocycles. The van der Waals surface area contributed by atoms with Crippen LogP contribution in [0.2, 0.25) is 5.28 Å². The van der Waals surface area contributed by atoms with Crippen LogP contribution in [0.1, 0.15) is 18.9 Å². The highest BCUT2D eigenvalue weighted by molar-refractivity contribution is 7.05. The molecule has 0 aromatic carbocycles. The van der Waals surface area contributed by atoms with Crippen LogP contribution in [0, 0.1) is 0 Å². The third-order valence-electron chi connectivity index (χ3n) is 0.983. The van der Waals surface area contributed by atoms with Crippen LogP contribution in [-0.2, 0) is 11.3 Å². The van der Waals surface area contributed by atoms with Crippen molar-refractivity contribution in [3.63, 3.8) is 0 Å². The second-order valence-corrected chi connectivity index (χ2v) is 3.49. The molecular weight excluding hydrogens is 184 g/mol. The quantitative estimate of drug-likeness (QED) is 0.736. The molecule has 0 unspecified atom stereocenters. The lowest BCUT2D eigenvalue weighted by molar-refractivity contribution is 0.0656. The van der Waals surface area contributed by atoms with Crippen molar-refractivity contribution in [1.82, 2.24) is 9.36 Å². The van der Waals surface area contributed by atoms with Gasteiger partial charge in [-0.2, -0.15) is 4.37 Å². The van der Waals surface area contributed by atoms with Crippen LogP contribution in [0.25, 0.3) is 0 Å². The molecule has 1 rings (SSSR count). The normalized spacial score (nSPS) is 10.9. The van der Waals surface area contributed by atoms with Gasteiger partial charge in [-0.25, -0.2) is 4.98 Å². The zero-order chi connectivity index (χ0) is 8.27. The van der Waals surface area contributed by atoms with E-state index in [1.54, 1.807) is 0 Å². The van der Waals surface area contributed by atoms with E-state index < -0.39 is 0 Å². The van der Waals surface area contributed by atoms with E-state index in [1.165, 1.54) is 11.5 Å². The Morgan fingerprint density at radius 3 is 2.82 bits per heavy atom. The van der Waals surface area contributed by atoms with E-state index >= 15 is 0 Å². The summed E-state index contributed by atoms with van der Waals surface area (Å²) in [6, 6.07) is 0. The molecule has 0 atom stereocenters. The summed E-state index contributed by atoms with van der Waals surface area (Å²) in [5.74, 6) is 0. The molecule has 0 aliphatic heterocycles. The molecule has 5 heteroatoms. The molecule has 0 aliphatic carbocycles. The van der Waals surface area contributed by atoms with Crippen molar-refractivity contribution in [3.05, 3.63) is 10.3 Å². The highest BCUT2D eigenvalue weighted by Gasteiger charge is 2.01. The number of halogens is 1. The van der Waals surface area contributed by atoms with Gasteiger partial charge in [0, 0.05) is 0 Å². The summed E-state index contributed by atoms with van der Waals surface area (Å²) in [5.41, 5.74) is 0. The summed E-state index contributed by atoms with van der Waals surface area (Å²) in [7, 11) is 0. The molecule has 0 spiro atoms. The minimum Gasteiger partial charge on any atom is -0.372 e. The van der Waals surface area contributed by atoms with Gasteiger partial charge in [0.25, 0.3) is 0 Å². The maximum Gasteiger partial charge on any atom is 0.234 e. The Hall–Kier alpha value is -0.190. The lowest BCUT2D eigenvalue weighted by Crippen LogP contribution is -2.01. The molecule has 0 radical (unpaired) electrons. The van der Waals surface area contributed by atoms with Crippen LogP contribution < -0.4 is 0 Å². The van der Waals surface area contributed by atoms with E-state index in [4.69, 9.17) is 16.3 Å².